The molecule has 0 saturated heterocycles. The van der Waals surface area contributed by atoms with Crippen molar-refractivity contribution in [1.29, 1.82) is 0 Å². The predicted octanol–water partition coefficient (Wildman–Crippen LogP) is 3.71. The summed E-state index contributed by atoms with van der Waals surface area (Å²) in [5, 5.41) is 0.270. The van der Waals surface area contributed by atoms with E-state index in [9.17, 15) is 13.2 Å². The Morgan fingerprint density at radius 1 is 1.32 bits per heavy atom. The van der Waals surface area contributed by atoms with Gasteiger partial charge in [0.25, 0.3) is 0 Å². The van der Waals surface area contributed by atoms with Crippen molar-refractivity contribution < 1.29 is 17.9 Å². The first-order valence-electron chi connectivity index (χ1n) is 8.55. The quantitative estimate of drug-likeness (QED) is 0.645. The lowest BCUT2D eigenvalue weighted by molar-refractivity contribution is -0.118. The Morgan fingerprint density at radius 3 is 2.71 bits per heavy atom. The smallest absolute Gasteiger partial charge is 0.247 e. The third-order valence-corrected chi connectivity index (χ3v) is 7.25. The highest BCUT2D eigenvalue weighted by molar-refractivity contribution is 9.10. The van der Waals surface area contributed by atoms with Gasteiger partial charge in [-0.1, -0.05) is 27.5 Å². The van der Waals surface area contributed by atoms with E-state index in [1.54, 1.807) is 11.0 Å². The van der Waals surface area contributed by atoms with Gasteiger partial charge in [-0.15, -0.1) is 0 Å². The van der Waals surface area contributed by atoms with Crippen LogP contribution < -0.4 is 9.64 Å². The number of hydrogen-bond acceptors (Lipinski definition) is 4. The van der Waals surface area contributed by atoms with Crippen LogP contribution >= 0.6 is 27.5 Å². The van der Waals surface area contributed by atoms with Crippen molar-refractivity contribution in [1.82, 2.24) is 4.31 Å². The van der Waals surface area contributed by atoms with Crippen LogP contribution in [0.15, 0.2) is 45.8 Å². The van der Waals surface area contributed by atoms with Crippen molar-refractivity contribution in [3.05, 3.63) is 51.5 Å². The number of halogens is 2. The first-order valence-corrected chi connectivity index (χ1v) is 11.2. The number of likely N-dealkylation sites (N-methyl/N-ethyl adjacent to an activating group) is 1. The van der Waals surface area contributed by atoms with Crippen LogP contribution in [-0.4, -0.2) is 45.4 Å². The fourth-order valence-electron chi connectivity index (χ4n) is 3.35. The lowest BCUT2D eigenvalue weighted by atomic mass is 10.1. The Morgan fingerprint density at radius 2 is 2.04 bits per heavy atom. The Kier molecular flexibility index (Phi) is 6.05. The minimum atomic E-state index is -3.96. The Hall–Kier alpha value is -1.61. The molecule has 0 N–H and O–H groups in total. The van der Waals surface area contributed by atoms with Crippen LogP contribution in [0.5, 0.6) is 5.75 Å². The first-order chi connectivity index (χ1) is 13.1. The maximum absolute atomic E-state index is 13.0. The van der Waals surface area contributed by atoms with Crippen LogP contribution in [0, 0.1) is 0 Å². The van der Waals surface area contributed by atoms with Crippen LogP contribution in [0.3, 0.4) is 0 Å². The van der Waals surface area contributed by atoms with Crippen LogP contribution in [-0.2, 0) is 21.2 Å². The molecule has 0 unspecified atom stereocenters. The number of anilines is 1. The second kappa shape index (κ2) is 8.02. The summed E-state index contributed by atoms with van der Waals surface area (Å²) in [6.07, 6.45) is 0.721. The number of rotatable bonds is 5. The lowest BCUT2D eigenvalue weighted by Gasteiger charge is -2.26. The van der Waals surface area contributed by atoms with Gasteiger partial charge in [-0.25, -0.2) is 8.42 Å². The summed E-state index contributed by atoms with van der Waals surface area (Å²) >= 11 is 9.40. The molecule has 1 amide bonds. The van der Waals surface area contributed by atoms with Gasteiger partial charge in [0.2, 0.25) is 15.9 Å². The third kappa shape index (κ3) is 3.91. The minimum Gasteiger partial charge on any atom is -0.495 e. The van der Waals surface area contributed by atoms with Crippen molar-refractivity contribution in [2.24, 2.45) is 0 Å². The first kappa shape index (κ1) is 21.1. The van der Waals surface area contributed by atoms with Crippen molar-refractivity contribution in [2.75, 3.05) is 25.6 Å². The summed E-state index contributed by atoms with van der Waals surface area (Å²) in [6, 6.07) is 10.0. The molecule has 0 bridgehead atoms. The molecule has 0 fully saturated rings. The Labute approximate surface area is 178 Å². The van der Waals surface area contributed by atoms with Gasteiger partial charge in [0.05, 0.1) is 13.7 Å². The van der Waals surface area contributed by atoms with Crippen molar-refractivity contribution >= 4 is 49.1 Å². The number of benzene rings is 2. The maximum Gasteiger partial charge on any atom is 0.247 e. The summed E-state index contributed by atoms with van der Waals surface area (Å²) in [7, 11) is -1.21. The van der Waals surface area contributed by atoms with Gasteiger partial charge in [0, 0.05) is 28.3 Å². The molecule has 2 aromatic carbocycles. The number of fused-ring (bicyclic) bond motifs is 1. The lowest BCUT2D eigenvalue weighted by Crippen LogP contribution is -2.43. The van der Waals surface area contributed by atoms with Crippen molar-refractivity contribution in [3.8, 4) is 5.75 Å². The van der Waals surface area contributed by atoms with E-state index in [-0.39, 0.29) is 34.2 Å². The second-order valence-corrected chi connectivity index (χ2v) is 10.0. The number of methoxy groups -OCH3 is 1. The van der Waals surface area contributed by atoms with E-state index in [1.165, 1.54) is 26.3 Å². The zero-order chi connectivity index (χ0) is 20.6. The molecule has 0 saturated carbocycles. The van der Waals surface area contributed by atoms with Gasteiger partial charge >= 0.3 is 0 Å². The molecule has 0 aromatic heterocycles. The minimum absolute atomic E-state index is 0.0476. The van der Waals surface area contributed by atoms with E-state index in [0.717, 1.165) is 26.4 Å². The van der Waals surface area contributed by atoms with Gasteiger partial charge in [0.1, 0.15) is 10.6 Å². The molecule has 3 rings (SSSR count). The van der Waals surface area contributed by atoms with E-state index in [0.29, 0.717) is 0 Å². The third-order valence-electron chi connectivity index (χ3n) is 4.70. The SMILES string of the molecule is COc1ccc(Cl)cc1S(=O)(=O)N(C)CC(=O)N1c2ccc(Br)cc2C[C@H]1C. The average molecular weight is 488 g/mol. The number of ether oxygens (including phenoxy) is 1. The summed E-state index contributed by atoms with van der Waals surface area (Å²) in [4.78, 5) is 14.5. The monoisotopic (exact) mass is 486 g/mol. The van der Waals surface area contributed by atoms with Gasteiger partial charge in [-0.05, 0) is 55.3 Å². The standard InChI is InChI=1S/C19H20BrClN2O4S/c1-12-8-13-9-14(20)4-6-16(13)23(12)19(24)11-22(2)28(25,26)18-10-15(21)5-7-17(18)27-3/h4-7,9-10,12H,8,11H2,1-3H3/t12-/m1/s1. The zero-order valence-corrected chi connectivity index (χ0v) is 18.8. The Bertz CT molecular complexity index is 1030. The normalized spacial score (nSPS) is 16.4. The molecule has 1 heterocycles. The van der Waals surface area contributed by atoms with E-state index in [1.807, 2.05) is 25.1 Å². The maximum atomic E-state index is 13.0. The number of nitrogens with zero attached hydrogens (tertiary/aromatic N) is 2. The van der Waals surface area contributed by atoms with Crippen LogP contribution in [0.2, 0.25) is 5.02 Å². The molecule has 6 nitrogen and oxygen atoms in total. The zero-order valence-electron chi connectivity index (χ0n) is 15.6. The Balaban J connectivity index is 1.86. The fraction of sp³-hybridized carbons (Fsp3) is 0.316. The molecular formula is C19H20BrClN2O4S. The van der Waals surface area contributed by atoms with Gasteiger partial charge in [0.15, 0.2) is 0 Å². The van der Waals surface area contributed by atoms with Crippen molar-refractivity contribution in [2.45, 2.75) is 24.3 Å². The molecule has 0 radical (unpaired) electrons. The summed E-state index contributed by atoms with van der Waals surface area (Å²) in [5.74, 6) is -0.117. The molecular weight excluding hydrogens is 468 g/mol. The topological polar surface area (TPSA) is 66.9 Å². The van der Waals surface area contributed by atoms with E-state index in [2.05, 4.69) is 15.9 Å². The highest BCUT2D eigenvalue weighted by Gasteiger charge is 2.34. The average Bonchev–Trinajstić information content (AvgIpc) is 2.96. The van der Waals surface area contributed by atoms with E-state index >= 15 is 0 Å². The van der Waals surface area contributed by atoms with Crippen LogP contribution in [0.25, 0.3) is 0 Å². The molecule has 0 aliphatic carbocycles. The molecule has 0 spiro atoms. The number of carbonyl (C=O) groups is 1. The van der Waals surface area contributed by atoms with Gasteiger partial charge in [-0.2, -0.15) is 4.31 Å². The van der Waals surface area contributed by atoms with Crippen LogP contribution in [0.1, 0.15) is 12.5 Å². The molecule has 9 heteroatoms. The second-order valence-electron chi connectivity index (χ2n) is 6.65. The molecule has 28 heavy (non-hydrogen) atoms. The molecule has 150 valence electrons. The van der Waals surface area contributed by atoms with E-state index < -0.39 is 10.0 Å². The fourth-order valence-corrected chi connectivity index (χ4v) is 5.29. The molecule has 1 aliphatic heterocycles. The number of amides is 1. The largest absolute Gasteiger partial charge is 0.495 e. The number of hydrogen-bond donors (Lipinski definition) is 0. The van der Waals surface area contributed by atoms with Crippen molar-refractivity contribution in [3.63, 3.8) is 0 Å². The van der Waals surface area contributed by atoms with Crippen LogP contribution in [0.4, 0.5) is 5.69 Å². The summed E-state index contributed by atoms with van der Waals surface area (Å²) in [5.41, 5.74) is 1.86. The van der Waals surface area contributed by atoms with Gasteiger partial charge < -0.3 is 9.64 Å². The van der Waals surface area contributed by atoms with Gasteiger partial charge in [-0.3, -0.25) is 4.79 Å². The number of sulfonamides is 1. The highest BCUT2D eigenvalue weighted by Crippen LogP contribution is 2.35. The van der Waals surface area contributed by atoms with E-state index in [4.69, 9.17) is 16.3 Å². The molecule has 1 aliphatic rings. The highest BCUT2D eigenvalue weighted by atomic mass is 79.9. The number of carbonyl (C=O) groups excluding carboxylic acids is 1. The summed E-state index contributed by atoms with van der Waals surface area (Å²) in [6.45, 7) is 1.65. The summed E-state index contributed by atoms with van der Waals surface area (Å²) < 4.78 is 33.1. The molecule has 1 atom stereocenters. The molecule has 2 aromatic rings. The predicted molar refractivity (Wildman–Crippen MR) is 113 cm³/mol.